The molecule has 44 heavy (non-hydrogen) atoms. The smallest absolute Gasteiger partial charge is 0.153 e. The van der Waals surface area contributed by atoms with Gasteiger partial charge < -0.3 is 19.6 Å². The van der Waals surface area contributed by atoms with Crippen LogP contribution >= 0.6 is 37.2 Å². The molecule has 0 radical (unpaired) electrons. The predicted molar refractivity (Wildman–Crippen MR) is 185 cm³/mol. The van der Waals surface area contributed by atoms with Crippen LogP contribution in [0.4, 0.5) is 5.69 Å². The number of nitrogens with zero attached hydrogens (tertiary/aromatic N) is 5. The summed E-state index contributed by atoms with van der Waals surface area (Å²) in [6.07, 6.45) is 5.03. The average Bonchev–Trinajstić information content (AvgIpc) is 3.36. The number of hydrogen-bond acceptors (Lipinski definition) is 7. The van der Waals surface area contributed by atoms with Gasteiger partial charge in [-0.1, -0.05) is 42.4 Å². The number of para-hydroxylation sites is 3. The van der Waals surface area contributed by atoms with Gasteiger partial charge in [-0.05, 0) is 61.4 Å². The molecule has 1 N–H and O–H groups in total. The Labute approximate surface area is 279 Å². The van der Waals surface area contributed by atoms with Crippen LogP contribution < -0.4 is 9.64 Å². The molecule has 1 aromatic heterocycles. The molecule has 7 rings (SSSR count). The number of aliphatic hydroxyl groups is 1. The summed E-state index contributed by atoms with van der Waals surface area (Å²) in [5.41, 5.74) is 5.52. The van der Waals surface area contributed by atoms with Crippen LogP contribution in [0.25, 0.3) is 10.9 Å². The van der Waals surface area contributed by atoms with Crippen LogP contribution in [0.1, 0.15) is 49.9 Å². The van der Waals surface area contributed by atoms with E-state index < -0.39 is 6.10 Å². The minimum atomic E-state index is -0.589. The summed E-state index contributed by atoms with van der Waals surface area (Å²) in [6.45, 7) is 9.06. The lowest BCUT2D eigenvalue weighted by molar-refractivity contribution is -0.00749. The molecule has 2 fully saturated rings. The minimum Gasteiger partial charge on any atom is -0.495 e. The molecule has 11 heteroatoms. The first-order chi connectivity index (χ1) is 20.1. The van der Waals surface area contributed by atoms with Crippen LogP contribution in [0.5, 0.6) is 5.75 Å². The molecule has 4 aliphatic heterocycles. The van der Waals surface area contributed by atoms with Crippen molar-refractivity contribution in [2.45, 2.75) is 51.2 Å². The highest BCUT2D eigenvalue weighted by atomic mass is 35.5. The van der Waals surface area contributed by atoms with E-state index in [0.29, 0.717) is 12.6 Å². The molecule has 0 saturated carbocycles. The number of methoxy groups -OCH3 is 1. The van der Waals surface area contributed by atoms with Gasteiger partial charge in [-0.2, -0.15) is 0 Å². The number of aromatic nitrogens is 1. The standard InChI is InChI=1S/C33H43N5O3.3ClH/c1-3-33-14-8-15-37-16-13-26-25-9-4-5-10-27(25)38(31(26)32(33)37)30(21-33)34-41-23-24(39)22-35-17-19-36(20-18-35)28-11-6-7-12-29(28)40-2;;;/h4-7,9-12,24,32,39H,3,8,13-23H2,1-2H3;3*1H. The lowest BCUT2D eigenvalue weighted by atomic mass is 9.64. The van der Waals surface area contributed by atoms with Crippen molar-refractivity contribution in [2.24, 2.45) is 10.6 Å². The second-order valence-electron chi connectivity index (χ2n) is 12.3. The van der Waals surface area contributed by atoms with E-state index in [2.05, 4.69) is 62.6 Å². The number of benzene rings is 2. The summed E-state index contributed by atoms with van der Waals surface area (Å²) in [5, 5.41) is 17.1. The Bertz CT molecular complexity index is 1440. The van der Waals surface area contributed by atoms with E-state index in [0.717, 1.165) is 69.3 Å². The second kappa shape index (κ2) is 14.5. The van der Waals surface area contributed by atoms with Crippen molar-refractivity contribution in [1.29, 1.82) is 0 Å². The summed E-state index contributed by atoms with van der Waals surface area (Å²) < 4.78 is 7.96. The number of piperidine rings is 1. The Hall–Kier alpha value is -2.20. The molecule has 0 spiro atoms. The molecule has 5 heterocycles. The fourth-order valence-electron chi connectivity index (χ4n) is 8.16. The molecule has 3 aromatic rings. The third-order valence-electron chi connectivity index (χ3n) is 10.2. The fraction of sp³-hybridized carbons (Fsp3) is 0.545. The highest BCUT2D eigenvalue weighted by Crippen LogP contribution is 2.57. The Morgan fingerprint density at radius 3 is 2.50 bits per heavy atom. The van der Waals surface area contributed by atoms with Crippen molar-refractivity contribution >= 4 is 59.6 Å². The van der Waals surface area contributed by atoms with Gasteiger partial charge in [0.05, 0.1) is 24.4 Å². The number of rotatable bonds is 8. The number of piperazine rings is 1. The van der Waals surface area contributed by atoms with Crippen LogP contribution in [0.3, 0.4) is 0 Å². The Morgan fingerprint density at radius 2 is 1.73 bits per heavy atom. The minimum absolute atomic E-state index is 0. The maximum absolute atomic E-state index is 10.9. The average molecular weight is 667 g/mol. The molecule has 3 unspecified atom stereocenters. The normalized spacial score (nSPS) is 24.5. The summed E-state index contributed by atoms with van der Waals surface area (Å²) in [5.74, 6) is 1.91. The molecule has 3 atom stereocenters. The van der Waals surface area contributed by atoms with E-state index in [9.17, 15) is 5.11 Å². The quantitative estimate of drug-likeness (QED) is 0.308. The van der Waals surface area contributed by atoms with E-state index in [-0.39, 0.29) is 49.2 Å². The predicted octanol–water partition coefficient (Wildman–Crippen LogP) is 5.77. The molecule has 0 bridgehead atoms. The third-order valence-corrected chi connectivity index (χ3v) is 10.2. The monoisotopic (exact) mass is 665 g/mol. The lowest BCUT2D eigenvalue weighted by Gasteiger charge is -2.55. The van der Waals surface area contributed by atoms with Crippen LogP contribution in [0.15, 0.2) is 53.7 Å². The first-order valence-corrected chi connectivity index (χ1v) is 15.5. The van der Waals surface area contributed by atoms with Crippen LogP contribution in [0.2, 0.25) is 0 Å². The fourth-order valence-corrected chi connectivity index (χ4v) is 8.16. The molecule has 0 aliphatic carbocycles. The largest absolute Gasteiger partial charge is 0.495 e. The summed E-state index contributed by atoms with van der Waals surface area (Å²) in [4.78, 5) is 13.4. The van der Waals surface area contributed by atoms with Gasteiger partial charge in [0.1, 0.15) is 18.5 Å². The number of oxime groups is 1. The molecule has 0 amide bonds. The van der Waals surface area contributed by atoms with Gasteiger partial charge in [0, 0.05) is 56.8 Å². The van der Waals surface area contributed by atoms with E-state index in [1.54, 1.807) is 7.11 Å². The van der Waals surface area contributed by atoms with Crippen molar-refractivity contribution in [2.75, 3.05) is 64.4 Å². The zero-order valence-electron chi connectivity index (χ0n) is 25.7. The van der Waals surface area contributed by atoms with E-state index in [4.69, 9.17) is 14.7 Å². The van der Waals surface area contributed by atoms with Crippen molar-refractivity contribution in [3.63, 3.8) is 0 Å². The number of halogens is 3. The number of aliphatic hydroxyl groups excluding tert-OH is 1. The van der Waals surface area contributed by atoms with E-state index in [1.807, 2.05) is 12.1 Å². The van der Waals surface area contributed by atoms with Gasteiger partial charge in [0.15, 0.2) is 5.84 Å². The van der Waals surface area contributed by atoms with Crippen molar-refractivity contribution in [3.05, 3.63) is 59.8 Å². The Kier molecular flexibility index (Phi) is 11.4. The molecule has 8 nitrogen and oxygen atoms in total. The maximum atomic E-state index is 10.9. The van der Waals surface area contributed by atoms with Gasteiger partial charge >= 0.3 is 0 Å². The third kappa shape index (κ3) is 6.02. The van der Waals surface area contributed by atoms with Crippen LogP contribution in [-0.2, 0) is 11.3 Å². The maximum Gasteiger partial charge on any atom is 0.153 e. The first kappa shape index (κ1) is 34.7. The topological polar surface area (TPSA) is 65.7 Å². The van der Waals surface area contributed by atoms with Gasteiger partial charge in [0.2, 0.25) is 0 Å². The second-order valence-corrected chi connectivity index (χ2v) is 12.3. The van der Waals surface area contributed by atoms with Crippen molar-refractivity contribution < 1.29 is 14.7 Å². The lowest BCUT2D eigenvalue weighted by Crippen LogP contribution is -2.53. The van der Waals surface area contributed by atoms with Gasteiger partial charge in [-0.25, -0.2) is 0 Å². The Balaban J connectivity index is 0.00000147. The molecule has 4 aliphatic rings. The molecule has 242 valence electrons. The number of ether oxygens (including phenoxy) is 1. The zero-order valence-corrected chi connectivity index (χ0v) is 28.1. The first-order valence-electron chi connectivity index (χ1n) is 15.5. The highest BCUT2D eigenvalue weighted by molar-refractivity contribution is 6.00. The highest BCUT2D eigenvalue weighted by Gasteiger charge is 2.52. The number of β-amino-alcohol motifs (C(OH)–C–C–N with tert-alkyl or cyclic N) is 1. The van der Waals surface area contributed by atoms with Crippen molar-refractivity contribution in [1.82, 2.24) is 14.4 Å². The Morgan fingerprint density at radius 1 is 0.977 bits per heavy atom. The number of fused-ring (bicyclic) bond motifs is 3. The van der Waals surface area contributed by atoms with E-state index in [1.165, 1.54) is 41.5 Å². The number of anilines is 1. The summed E-state index contributed by atoms with van der Waals surface area (Å²) in [7, 11) is 1.72. The molecular weight excluding hydrogens is 621 g/mol. The van der Waals surface area contributed by atoms with Crippen LogP contribution in [0, 0.1) is 5.41 Å². The van der Waals surface area contributed by atoms with Crippen molar-refractivity contribution in [3.8, 4) is 5.75 Å². The molecule has 2 saturated heterocycles. The zero-order chi connectivity index (χ0) is 28.0. The SMILES string of the molecule is CCC12CCCN3CCc4c(n(c5ccccc45)C(=NOCC(O)CN4CCN(c5ccccc5OC)CC4)C1)C32.Cl.Cl.Cl. The number of hydrogen-bond donors (Lipinski definition) is 1. The summed E-state index contributed by atoms with van der Waals surface area (Å²) in [6, 6.07) is 17.4. The van der Waals surface area contributed by atoms with Gasteiger partial charge in [0.25, 0.3) is 0 Å². The van der Waals surface area contributed by atoms with Gasteiger partial charge in [-0.3, -0.25) is 14.4 Å². The van der Waals surface area contributed by atoms with Crippen LogP contribution in [-0.4, -0.2) is 90.9 Å². The van der Waals surface area contributed by atoms with Gasteiger partial charge in [-0.15, -0.1) is 37.2 Å². The summed E-state index contributed by atoms with van der Waals surface area (Å²) >= 11 is 0. The molecular formula is C33H46Cl3N5O3. The van der Waals surface area contributed by atoms with E-state index >= 15 is 0 Å². The molecule has 2 aromatic carbocycles.